The molecule has 3 aromatic rings. The molecule has 2 aromatic carbocycles. The van der Waals surface area contributed by atoms with Gasteiger partial charge in [-0.3, -0.25) is 4.98 Å². The number of rotatable bonds is 7. The van der Waals surface area contributed by atoms with Crippen LogP contribution in [-0.2, 0) is 15.9 Å². The Morgan fingerprint density at radius 2 is 1.68 bits per heavy atom. The monoisotopic (exact) mass is 457 g/mol. The Hall–Kier alpha value is -4.18. The number of aromatic nitrogens is 1. The summed E-state index contributed by atoms with van der Waals surface area (Å²) in [5.41, 5.74) is 2.16. The summed E-state index contributed by atoms with van der Waals surface area (Å²) >= 11 is 0. The van der Waals surface area contributed by atoms with Gasteiger partial charge in [0.1, 0.15) is 12.2 Å². The van der Waals surface area contributed by atoms with Crippen LogP contribution in [0.15, 0.2) is 79.0 Å². The molecule has 0 fully saturated rings. The summed E-state index contributed by atoms with van der Waals surface area (Å²) in [7, 11) is 0. The van der Waals surface area contributed by atoms with E-state index in [0.29, 0.717) is 12.0 Å². The second-order valence-corrected chi connectivity index (χ2v) is 8.68. The lowest BCUT2D eigenvalue weighted by atomic mass is 10.1. The van der Waals surface area contributed by atoms with Gasteiger partial charge in [0.05, 0.1) is 17.3 Å². The molecule has 0 aliphatic carbocycles. The van der Waals surface area contributed by atoms with Crippen molar-refractivity contribution in [2.75, 3.05) is 6.61 Å². The smallest absolute Gasteiger partial charge is 0.424 e. The Labute approximate surface area is 199 Å². The van der Waals surface area contributed by atoms with Crippen LogP contribution in [0.1, 0.15) is 36.7 Å². The normalized spacial score (nSPS) is 11.7. The van der Waals surface area contributed by atoms with E-state index in [-0.39, 0.29) is 6.61 Å². The molecule has 0 saturated heterocycles. The van der Waals surface area contributed by atoms with E-state index in [1.165, 1.54) is 0 Å². The molecule has 1 aromatic heterocycles. The highest BCUT2D eigenvalue weighted by molar-refractivity contribution is 5.90. The second-order valence-electron chi connectivity index (χ2n) is 8.68. The van der Waals surface area contributed by atoms with Gasteiger partial charge in [0, 0.05) is 11.8 Å². The fourth-order valence-electron chi connectivity index (χ4n) is 3.26. The van der Waals surface area contributed by atoms with Crippen molar-refractivity contribution < 1.29 is 19.1 Å². The van der Waals surface area contributed by atoms with Crippen LogP contribution >= 0.6 is 0 Å². The highest BCUT2D eigenvalue weighted by Crippen LogP contribution is 2.19. The minimum Gasteiger partial charge on any atom is -0.460 e. The van der Waals surface area contributed by atoms with Gasteiger partial charge in [0.25, 0.3) is 0 Å². The van der Waals surface area contributed by atoms with E-state index in [4.69, 9.17) is 9.47 Å². The highest BCUT2D eigenvalue weighted by Gasteiger charge is 2.30. The van der Waals surface area contributed by atoms with Crippen LogP contribution in [0.25, 0.3) is 11.3 Å². The lowest BCUT2D eigenvalue weighted by molar-refractivity contribution is 0.0152. The average Bonchev–Trinajstić information content (AvgIpc) is 2.83. The summed E-state index contributed by atoms with van der Waals surface area (Å²) in [6.07, 6.45) is 3.13. The van der Waals surface area contributed by atoms with E-state index in [1.54, 1.807) is 51.2 Å². The first-order valence-electron chi connectivity index (χ1n) is 10.9. The molecule has 1 heterocycles. The largest absolute Gasteiger partial charge is 0.460 e. The minimum atomic E-state index is -0.785. The molecule has 34 heavy (non-hydrogen) atoms. The molecule has 0 saturated carbocycles. The molecule has 0 radical (unpaired) electrons. The predicted octanol–water partition coefficient (Wildman–Crippen LogP) is 5.23. The number of ether oxygens (including phenoxy) is 2. The molecule has 1 atom stereocenters. The van der Waals surface area contributed by atoms with Crippen LogP contribution in [0.2, 0.25) is 0 Å². The number of esters is 1. The zero-order valence-electron chi connectivity index (χ0n) is 19.5. The van der Waals surface area contributed by atoms with Gasteiger partial charge in [0.2, 0.25) is 0 Å². The lowest BCUT2D eigenvalue weighted by Gasteiger charge is -2.28. The van der Waals surface area contributed by atoms with Gasteiger partial charge in [-0.05, 0) is 57.0 Å². The number of amides is 1. The molecule has 3 rings (SSSR count). The van der Waals surface area contributed by atoms with Crippen LogP contribution in [0.5, 0.6) is 0 Å². The molecular formula is C27H27N3O4. The van der Waals surface area contributed by atoms with Gasteiger partial charge in [0.15, 0.2) is 6.19 Å². The van der Waals surface area contributed by atoms with Crippen LogP contribution in [0, 0.1) is 11.5 Å². The molecule has 1 amide bonds. The maximum absolute atomic E-state index is 12.7. The quantitative estimate of drug-likeness (QED) is 0.274. The molecule has 0 bridgehead atoms. The van der Waals surface area contributed by atoms with Gasteiger partial charge in [-0.2, -0.15) is 5.26 Å². The first-order chi connectivity index (χ1) is 16.3. The van der Waals surface area contributed by atoms with Crippen molar-refractivity contribution in [1.82, 2.24) is 9.88 Å². The number of pyridine rings is 1. The Morgan fingerprint density at radius 1 is 1.00 bits per heavy atom. The van der Waals surface area contributed by atoms with E-state index >= 15 is 0 Å². The van der Waals surface area contributed by atoms with E-state index in [2.05, 4.69) is 4.98 Å². The minimum absolute atomic E-state index is 0.164. The fourth-order valence-corrected chi connectivity index (χ4v) is 3.26. The molecule has 7 nitrogen and oxygen atoms in total. The number of benzene rings is 2. The van der Waals surface area contributed by atoms with Crippen molar-refractivity contribution in [3.63, 3.8) is 0 Å². The van der Waals surface area contributed by atoms with Crippen LogP contribution in [-0.4, -0.2) is 40.2 Å². The predicted molar refractivity (Wildman–Crippen MR) is 128 cm³/mol. The standard InChI is InChI=1S/C27H27N3O4/c1-27(2,3)34-26(32)30(19-28)23(17-20-9-5-4-6-10-20)18-33-25(31)22-14-12-21(13-15-22)24-11-7-8-16-29-24/h4-16,23H,17-18H2,1-3H3/t23-/m0/s1. The summed E-state index contributed by atoms with van der Waals surface area (Å²) in [6, 6.07) is 21.2. The van der Waals surface area contributed by atoms with Gasteiger partial charge in [-0.25, -0.2) is 14.5 Å². The third-order valence-corrected chi connectivity index (χ3v) is 4.87. The summed E-state index contributed by atoms with van der Waals surface area (Å²) in [4.78, 5) is 30.6. The number of nitrogens with zero attached hydrogens (tertiary/aromatic N) is 3. The Kier molecular flexibility index (Phi) is 7.99. The summed E-state index contributed by atoms with van der Waals surface area (Å²) in [6.45, 7) is 5.01. The first kappa shape index (κ1) is 24.5. The molecule has 0 unspecified atom stereocenters. The molecule has 0 aliphatic rings. The van der Waals surface area contributed by atoms with E-state index in [1.807, 2.05) is 54.7 Å². The van der Waals surface area contributed by atoms with Gasteiger partial charge >= 0.3 is 12.1 Å². The van der Waals surface area contributed by atoms with Crippen LogP contribution < -0.4 is 0 Å². The zero-order valence-corrected chi connectivity index (χ0v) is 19.5. The van der Waals surface area contributed by atoms with Gasteiger partial charge in [-0.15, -0.1) is 0 Å². The summed E-state index contributed by atoms with van der Waals surface area (Å²) < 4.78 is 10.9. The first-order valence-corrected chi connectivity index (χ1v) is 10.9. The van der Waals surface area contributed by atoms with Gasteiger partial charge in [-0.1, -0.05) is 48.5 Å². The maximum atomic E-state index is 12.7. The zero-order chi connectivity index (χ0) is 24.6. The number of nitriles is 1. The maximum Gasteiger partial charge on any atom is 0.424 e. The molecule has 0 aliphatic heterocycles. The SMILES string of the molecule is CC(C)(C)OC(=O)N(C#N)[C@H](COC(=O)c1ccc(-c2ccccn2)cc1)Cc1ccccc1. The van der Waals surface area contributed by atoms with Crippen molar-refractivity contribution >= 4 is 12.1 Å². The molecule has 0 spiro atoms. The number of carbonyl (C=O) groups excluding carboxylic acids is 2. The van der Waals surface area contributed by atoms with E-state index < -0.39 is 23.7 Å². The molecule has 7 heteroatoms. The molecule has 174 valence electrons. The number of hydrogen-bond acceptors (Lipinski definition) is 6. The van der Waals surface area contributed by atoms with Crippen LogP contribution in [0.3, 0.4) is 0 Å². The average molecular weight is 458 g/mol. The lowest BCUT2D eigenvalue weighted by Crippen LogP contribution is -2.44. The number of carbonyl (C=O) groups is 2. The Morgan fingerprint density at radius 3 is 2.26 bits per heavy atom. The molecular weight excluding hydrogens is 430 g/mol. The van der Waals surface area contributed by atoms with Gasteiger partial charge < -0.3 is 9.47 Å². The van der Waals surface area contributed by atoms with Crippen molar-refractivity contribution in [2.45, 2.75) is 38.8 Å². The Bertz CT molecular complexity index is 1130. The highest BCUT2D eigenvalue weighted by atomic mass is 16.6. The Balaban J connectivity index is 1.73. The fraction of sp³-hybridized carbons (Fsp3) is 0.259. The number of hydrogen-bond donors (Lipinski definition) is 0. The van der Waals surface area contributed by atoms with Crippen LogP contribution in [0.4, 0.5) is 4.79 Å². The van der Waals surface area contributed by atoms with Crippen molar-refractivity contribution in [1.29, 1.82) is 5.26 Å². The van der Waals surface area contributed by atoms with Crippen molar-refractivity contribution in [3.8, 4) is 17.5 Å². The van der Waals surface area contributed by atoms with E-state index in [9.17, 15) is 14.9 Å². The van der Waals surface area contributed by atoms with Crippen molar-refractivity contribution in [3.05, 3.63) is 90.1 Å². The summed E-state index contributed by atoms with van der Waals surface area (Å²) in [5, 5.41) is 9.69. The third-order valence-electron chi connectivity index (χ3n) is 4.87. The summed E-state index contributed by atoms with van der Waals surface area (Å²) in [5.74, 6) is -0.548. The van der Waals surface area contributed by atoms with Crippen molar-refractivity contribution in [2.24, 2.45) is 0 Å². The third kappa shape index (κ3) is 6.91. The topological polar surface area (TPSA) is 92.5 Å². The molecule has 0 N–H and O–H groups in total. The van der Waals surface area contributed by atoms with E-state index in [0.717, 1.165) is 21.7 Å². The second kappa shape index (κ2) is 11.1.